The molecule has 3 amide bonds. The molecule has 0 saturated heterocycles. The molecular weight excluding hydrogens is 505 g/mol. The van der Waals surface area contributed by atoms with Gasteiger partial charge >= 0.3 is 13.9 Å². The van der Waals surface area contributed by atoms with Crippen LogP contribution in [-0.4, -0.2) is 57.9 Å². The third kappa shape index (κ3) is 7.26. The monoisotopic (exact) mass is 535 g/mol. The molecule has 0 atom stereocenters. The lowest BCUT2D eigenvalue weighted by Gasteiger charge is -2.25. The summed E-state index contributed by atoms with van der Waals surface area (Å²) in [5.41, 5.74) is 1.67. The molecule has 0 radical (unpaired) electrons. The number of benzene rings is 1. The highest BCUT2D eigenvalue weighted by Crippen LogP contribution is 2.35. The van der Waals surface area contributed by atoms with Crippen molar-refractivity contribution in [1.29, 1.82) is 5.41 Å². The molecular formula is C23H30N5O8P. The molecule has 0 bridgehead atoms. The van der Waals surface area contributed by atoms with Gasteiger partial charge in [0.25, 0.3) is 11.8 Å². The quantitative estimate of drug-likeness (QED) is 0.116. The maximum Gasteiger partial charge on any atom is 0.472 e. The fourth-order valence-corrected chi connectivity index (χ4v) is 3.62. The van der Waals surface area contributed by atoms with E-state index >= 15 is 0 Å². The van der Waals surface area contributed by atoms with Gasteiger partial charge in [-0.1, -0.05) is 13.0 Å². The van der Waals surface area contributed by atoms with Gasteiger partial charge in [0, 0.05) is 24.3 Å². The van der Waals surface area contributed by atoms with Gasteiger partial charge in [0.1, 0.15) is 0 Å². The van der Waals surface area contributed by atoms with E-state index in [1.54, 1.807) is 26.0 Å². The van der Waals surface area contributed by atoms with Crippen molar-refractivity contribution < 1.29 is 38.0 Å². The van der Waals surface area contributed by atoms with Crippen molar-refractivity contribution in [2.45, 2.75) is 46.1 Å². The van der Waals surface area contributed by atoms with Gasteiger partial charge in [-0.15, -0.1) is 0 Å². The number of amides is 3. The summed E-state index contributed by atoms with van der Waals surface area (Å²) in [6.07, 6.45) is 2.72. The second-order valence-electron chi connectivity index (χ2n) is 8.54. The highest BCUT2D eigenvalue weighted by atomic mass is 31.2. The maximum atomic E-state index is 13.1. The van der Waals surface area contributed by atoms with Crippen molar-refractivity contribution in [2.75, 3.05) is 18.2 Å². The average molecular weight is 535 g/mol. The van der Waals surface area contributed by atoms with Gasteiger partial charge in [-0.2, -0.15) is 0 Å². The summed E-state index contributed by atoms with van der Waals surface area (Å²) in [6, 6.07) is 4.69. The predicted molar refractivity (Wildman–Crippen MR) is 134 cm³/mol. The normalized spacial score (nSPS) is 13.1. The van der Waals surface area contributed by atoms with E-state index in [-0.39, 0.29) is 40.4 Å². The lowest BCUT2D eigenvalue weighted by molar-refractivity contribution is 0.0449. The lowest BCUT2D eigenvalue weighted by Crippen LogP contribution is -2.39. The van der Waals surface area contributed by atoms with E-state index < -0.39 is 26.5 Å². The van der Waals surface area contributed by atoms with Crippen LogP contribution in [0.1, 0.15) is 63.7 Å². The molecule has 1 aliphatic carbocycles. The van der Waals surface area contributed by atoms with Crippen molar-refractivity contribution in [3.8, 4) is 0 Å². The minimum Gasteiger partial charge on any atom is -0.421 e. The van der Waals surface area contributed by atoms with E-state index in [0.717, 1.165) is 24.2 Å². The summed E-state index contributed by atoms with van der Waals surface area (Å²) >= 11 is 0. The summed E-state index contributed by atoms with van der Waals surface area (Å²) < 4.78 is 20.1. The second-order valence-corrected chi connectivity index (χ2v) is 9.78. The Balaban J connectivity index is 1.97. The van der Waals surface area contributed by atoms with Crippen LogP contribution in [0.4, 0.5) is 10.5 Å². The molecule has 14 heteroatoms. The van der Waals surface area contributed by atoms with Crippen LogP contribution in [0.15, 0.2) is 24.4 Å². The zero-order valence-corrected chi connectivity index (χ0v) is 21.6. The Morgan fingerprint density at radius 2 is 1.92 bits per heavy atom. The van der Waals surface area contributed by atoms with Crippen LogP contribution in [0.25, 0.3) is 0 Å². The maximum absolute atomic E-state index is 13.1. The average Bonchev–Trinajstić information content (AvgIpc) is 3.56. The van der Waals surface area contributed by atoms with Crippen LogP contribution >= 0.6 is 7.82 Å². The van der Waals surface area contributed by atoms with Crippen LogP contribution < -0.4 is 15.5 Å². The van der Waals surface area contributed by atoms with Gasteiger partial charge in [0.15, 0.2) is 5.84 Å². The Kier molecular flexibility index (Phi) is 8.87. The Labute approximate surface area is 213 Å². The lowest BCUT2D eigenvalue weighted by atomic mass is 10.1. The zero-order chi connectivity index (χ0) is 27.3. The molecule has 13 nitrogen and oxygen atoms in total. The number of hydrogen-bond acceptors (Lipinski definition) is 7. The molecule has 1 aromatic carbocycles. The first-order valence-electron chi connectivity index (χ1n) is 11.6. The number of aromatic nitrogens is 1. The third-order valence-electron chi connectivity index (χ3n) is 5.59. The number of amidine groups is 1. The summed E-state index contributed by atoms with van der Waals surface area (Å²) in [6.45, 7) is 4.55. The highest BCUT2D eigenvalue weighted by Gasteiger charge is 2.30. The Morgan fingerprint density at radius 3 is 2.54 bits per heavy atom. The number of rotatable bonds is 10. The molecule has 2 aromatic rings. The first-order valence-corrected chi connectivity index (χ1v) is 13.1. The van der Waals surface area contributed by atoms with E-state index in [1.165, 1.54) is 12.3 Å². The topological polar surface area (TPSA) is 194 Å². The number of hydrogen-bond donors (Lipinski definition) is 6. The number of ether oxygens (including phenoxy) is 1. The van der Waals surface area contributed by atoms with E-state index in [9.17, 15) is 18.9 Å². The minimum atomic E-state index is -4.92. The zero-order valence-electron chi connectivity index (χ0n) is 20.7. The third-order valence-corrected chi connectivity index (χ3v) is 6.03. The van der Waals surface area contributed by atoms with Crippen LogP contribution in [-0.2, 0) is 13.8 Å². The number of phosphoric ester groups is 1. The number of carbonyl (C=O) groups is 3. The van der Waals surface area contributed by atoms with E-state index in [1.807, 2.05) is 6.92 Å². The molecule has 1 fully saturated rings. The van der Waals surface area contributed by atoms with Crippen molar-refractivity contribution in [3.05, 3.63) is 52.3 Å². The van der Waals surface area contributed by atoms with Crippen molar-refractivity contribution in [1.82, 2.24) is 15.6 Å². The largest absolute Gasteiger partial charge is 0.472 e. The molecule has 0 aliphatic heterocycles. The summed E-state index contributed by atoms with van der Waals surface area (Å²) in [5.74, 6) is -1.12. The summed E-state index contributed by atoms with van der Waals surface area (Å²) in [7, 11) is -4.92. The van der Waals surface area contributed by atoms with Crippen molar-refractivity contribution in [2.24, 2.45) is 0 Å². The van der Waals surface area contributed by atoms with E-state index in [0.29, 0.717) is 17.7 Å². The first kappa shape index (κ1) is 28.1. The van der Waals surface area contributed by atoms with Gasteiger partial charge < -0.3 is 30.1 Å². The summed E-state index contributed by atoms with van der Waals surface area (Å²) in [5, 5.41) is 14.4. The predicted octanol–water partition coefficient (Wildman–Crippen LogP) is 2.70. The minimum absolute atomic E-state index is 0.0975. The van der Waals surface area contributed by atoms with Gasteiger partial charge in [0.05, 0.1) is 16.9 Å². The molecule has 200 valence electrons. The van der Waals surface area contributed by atoms with E-state index in [4.69, 9.17) is 19.9 Å². The van der Waals surface area contributed by atoms with Crippen molar-refractivity contribution in [3.63, 3.8) is 0 Å². The van der Waals surface area contributed by atoms with Gasteiger partial charge in [-0.05, 0) is 56.4 Å². The standard InChI is InChI=1S/C23H30N5O8P/c1-4-9-25-22(30)17-11-26-19(14(17)3)20(24)28(23(31)35-12-36-37(32,33)34)18-10-15(6-5-13(18)2)21(29)27-16-7-8-16/h5-6,10-11,16,24,26H,4,7-9,12H2,1-3H3,(H,25,30)(H,27,29)(H2,32,33,34). The number of aromatic amines is 1. The molecule has 1 aliphatic rings. The fourth-order valence-electron chi connectivity index (χ4n) is 3.43. The number of carbonyl (C=O) groups excluding carboxylic acids is 3. The molecule has 6 N–H and O–H groups in total. The Morgan fingerprint density at radius 1 is 1.22 bits per heavy atom. The molecule has 1 saturated carbocycles. The SMILES string of the molecule is CCCNC(=O)c1c[nH]c(C(=N)N(C(=O)OCOP(=O)(O)O)c2cc(C(=O)NC3CC3)ccc2C)c1C. The van der Waals surface area contributed by atoms with Crippen LogP contribution in [0.5, 0.6) is 0 Å². The van der Waals surface area contributed by atoms with Crippen molar-refractivity contribution >= 4 is 37.3 Å². The number of aryl methyl sites for hydroxylation is 1. The number of H-pyrrole nitrogens is 1. The molecule has 3 rings (SSSR count). The Hall–Kier alpha value is -3.51. The number of nitrogens with zero attached hydrogens (tertiary/aromatic N) is 1. The number of anilines is 1. The Bertz CT molecular complexity index is 1250. The van der Waals surface area contributed by atoms with E-state index in [2.05, 4.69) is 20.1 Å². The smallest absolute Gasteiger partial charge is 0.421 e. The molecule has 1 aromatic heterocycles. The summed E-state index contributed by atoms with van der Waals surface area (Å²) in [4.78, 5) is 59.7. The van der Waals surface area contributed by atoms with Crippen LogP contribution in [0, 0.1) is 19.3 Å². The first-order chi connectivity index (χ1) is 17.4. The fraction of sp³-hybridized carbons (Fsp3) is 0.391. The molecule has 37 heavy (non-hydrogen) atoms. The van der Waals surface area contributed by atoms with Gasteiger partial charge in [-0.3, -0.25) is 15.0 Å². The van der Waals surface area contributed by atoms with Crippen LogP contribution in [0.2, 0.25) is 0 Å². The second kappa shape index (κ2) is 11.7. The molecule has 1 heterocycles. The highest BCUT2D eigenvalue weighted by molar-refractivity contribution is 7.46. The molecule has 0 spiro atoms. The van der Waals surface area contributed by atoms with Crippen LogP contribution in [0.3, 0.4) is 0 Å². The number of phosphoric acid groups is 1. The van der Waals surface area contributed by atoms with Gasteiger partial charge in [-0.25, -0.2) is 18.8 Å². The van der Waals surface area contributed by atoms with Gasteiger partial charge in [0.2, 0.25) is 6.79 Å². The number of nitrogens with one attached hydrogen (secondary N) is 4. The molecule has 0 unspecified atom stereocenters.